The molecule has 0 atom stereocenters. The number of halogens is 2. The first-order valence-electron chi connectivity index (χ1n) is 22.8. The van der Waals surface area contributed by atoms with Crippen molar-refractivity contribution in [3.05, 3.63) is 169 Å². The van der Waals surface area contributed by atoms with Crippen LogP contribution in [0.1, 0.15) is 68.0 Å². The summed E-state index contributed by atoms with van der Waals surface area (Å²) >= 11 is 17.7. The van der Waals surface area contributed by atoms with Gasteiger partial charge < -0.3 is 28.4 Å². The number of rotatable bonds is 18. The fraction of sp³-hybridized carbons (Fsp3) is 0.197. The molecule has 9 rings (SSSR count). The molecule has 17 heteroatoms. The Morgan fingerprint density at radius 2 is 0.744 bits per heavy atom. The fourth-order valence-electron chi connectivity index (χ4n) is 6.36. The van der Waals surface area contributed by atoms with E-state index < -0.39 is 17.9 Å². The molecule has 6 heterocycles. The van der Waals surface area contributed by atoms with Crippen molar-refractivity contribution >= 4 is 155 Å². The van der Waals surface area contributed by atoms with Crippen molar-refractivity contribution in [1.82, 2.24) is 0 Å². The molecule has 0 bridgehead atoms. The molecule has 0 amide bonds. The van der Waals surface area contributed by atoms with Crippen molar-refractivity contribution in [2.45, 2.75) is 41.5 Å². The molecule has 0 aliphatic rings. The molecule has 3 aromatic carbocycles. The summed E-state index contributed by atoms with van der Waals surface area (Å²) in [5.41, 5.74) is 2.63. The number of esters is 3. The first-order valence-corrected chi connectivity index (χ1v) is 29.3. The third kappa shape index (κ3) is 19.5. The number of thiophene rings is 6. The van der Waals surface area contributed by atoms with Crippen molar-refractivity contribution in [2.24, 2.45) is 0 Å². The predicted molar refractivity (Wildman–Crippen MR) is 339 cm³/mol. The van der Waals surface area contributed by atoms with Gasteiger partial charge in [-0.05, 0) is 129 Å². The van der Waals surface area contributed by atoms with Gasteiger partial charge in [-0.25, -0.2) is 14.4 Å². The zero-order valence-corrected chi connectivity index (χ0v) is 48.0. The molecule has 404 valence electrons. The van der Waals surface area contributed by atoms with Crippen LogP contribution < -0.4 is 14.2 Å². The molecular weight excluding hydrogens is 1230 g/mol. The minimum absolute atomic E-state index is 0. The van der Waals surface area contributed by atoms with Crippen LogP contribution in [0, 0.1) is 36.0 Å². The molecule has 9 nitrogen and oxygen atoms in total. The first-order chi connectivity index (χ1) is 36.5. The summed E-state index contributed by atoms with van der Waals surface area (Å²) in [5, 5.41) is 0. The predicted octanol–water partition coefficient (Wildman–Crippen LogP) is 17.8. The number of benzene rings is 3. The molecule has 0 fully saturated rings. The van der Waals surface area contributed by atoms with Crippen molar-refractivity contribution < 1.29 is 42.8 Å². The number of hydrogen-bond donors (Lipinski definition) is 0. The van der Waals surface area contributed by atoms with Gasteiger partial charge in [0, 0.05) is 73.0 Å². The van der Waals surface area contributed by atoms with E-state index in [0.29, 0.717) is 58.9 Å². The van der Waals surface area contributed by atoms with Crippen molar-refractivity contribution in [3.63, 3.8) is 0 Å². The lowest BCUT2D eigenvalue weighted by Crippen LogP contribution is -2.06. The number of terminal acetylenes is 1. The summed E-state index contributed by atoms with van der Waals surface area (Å²) in [6.45, 7) is 12.4. The molecular formula is C61H56Br2O9S6. The molecule has 0 spiro atoms. The molecule has 6 aromatic heterocycles. The number of ether oxygens (including phenoxy) is 6. The minimum atomic E-state index is -0.427. The van der Waals surface area contributed by atoms with Crippen molar-refractivity contribution in [2.75, 3.05) is 39.6 Å². The van der Waals surface area contributed by atoms with E-state index in [2.05, 4.69) is 105 Å². The maximum Gasteiger partial charge on any atom is 0.330 e. The topological polar surface area (TPSA) is 107 Å². The monoisotopic (exact) mass is 1280 g/mol. The summed E-state index contributed by atoms with van der Waals surface area (Å²) in [5.74, 6) is 16.6. The van der Waals surface area contributed by atoms with E-state index >= 15 is 0 Å². The SMILES string of the molecule is Brc1cc2sc3cc(Br)sc3c2s1.C.C.C.C#Cc1ccc(OCCCOC(=O)C=C)cc1.C=CC(=O)OCCCOc1ccc(C#Cc2cc3sc4cc(C#Cc5ccc(OCCCOC(=O)C=C)cc5)sc4c3s2)cc1. The van der Waals surface area contributed by atoms with E-state index in [-0.39, 0.29) is 22.3 Å². The van der Waals surface area contributed by atoms with E-state index in [1.54, 1.807) is 34.0 Å². The van der Waals surface area contributed by atoms with Crippen molar-refractivity contribution in [3.8, 4) is 53.3 Å². The Hall–Kier alpha value is -6.43. The summed E-state index contributed by atoms with van der Waals surface area (Å²) in [6, 6.07) is 31.3. The van der Waals surface area contributed by atoms with Gasteiger partial charge in [0.15, 0.2) is 0 Å². The highest BCUT2D eigenvalue weighted by atomic mass is 79.9. The van der Waals surface area contributed by atoms with Gasteiger partial charge in [-0.3, -0.25) is 0 Å². The second-order valence-corrected chi connectivity index (χ2v) is 24.4. The third-order valence-electron chi connectivity index (χ3n) is 9.88. The highest BCUT2D eigenvalue weighted by Crippen LogP contribution is 2.46. The van der Waals surface area contributed by atoms with Gasteiger partial charge in [0.2, 0.25) is 0 Å². The quantitative estimate of drug-likeness (QED) is 0.0273. The van der Waals surface area contributed by atoms with E-state index in [0.717, 1.165) is 61.9 Å². The molecule has 0 N–H and O–H groups in total. The van der Waals surface area contributed by atoms with Gasteiger partial charge in [-0.15, -0.1) is 74.4 Å². The largest absolute Gasteiger partial charge is 0.493 e. The lowest BCUT2D eigenvalue weighted by atomic mass is 10.2. The van der Waals surface area contributed by atoms with Gasteiger partial charge in [0.25, 0.3) is 0 Å². The number of carbonyl (C=O) groups is 3. The minimum Gasteiger partial charge on any atom is -0.493 e. The standard InChI is InChI=1S/C36H28O6S3.C14H14O3.C8H2Br2S3.3CH4/c1-3-33(37)41-21-5-19-39-27-13-7-25(8-14-27)11-17-29-23-31-35(43-29)36-32(45-31)24-30(44-36)18-12-26-9-15-28(16-10-26)40-20-6-22-42-34(38)4-2;1-3-12-6-8-13(9-7-12)16-10-5-11-17-14(15)4-2;9-5-1-3-7(12-5)8-4(11-3)2-6(10)13-8;;;/h3-4,7-10,13-16,23-24H,1-2,5-6,19-22H2;1,4,6-9H,2,5,10-11H2;1-2H;3*1H4. The van der Waals surface area contributed by atoms with Crippen LogP contribution in [0.2, 0.25) is 0 Å². The molecule has 78 heavy (non-hydrogen) atoms. The van der Waals surface area contributed by atoms with Crippen LogP contribution in [0.3, 0.4) is 0 Å². The van der Waals surface area contributed by atoms with Crippen LogP contribution in [0.4, 0.5) is 0 Å². The van der Waals surface area contributed by atoms with Gasteiger partial charge >= 0.3 is 17.9 Å². The Morgan fingerprint density at radius 3 is 1.06 bits per heavy atom. The Bertz CT molecular complexity index is 3410. The van der Waals surface area contributed by atoms with Gasteiger partial charge in [-0.2, -0.15) is 0 Å². The van der Waals surface area contributed by atoms with Crippen LogP contribution in [0.25, 0.3) is 37.6 Å². The Labute approximate surface area is 497 Å². The van der Waals surface area contributed by atoms with Gasteiger partial charge in [0.1, 0.15) is 17.2 Å². The average Bonchev–Trinajstić information content (AvgIpc) is 4.36. The van der Waals surface area contributed by atoms with Crippen LogP contribution >= 0.6 is 99.9 Å². The number of carbonyl (C=O) groups excluding carboxylic acids is 3. The summed E-state index contributed by atoms with van der Waals surface area (Å²) in [4.78, 5) is 34.9. The maximum absolute atomic E-state index is 11.1. The zero-order chi connectivity index (χ0) is 52.9. The summed E-state index contributed by atoms with van der Waals surface area (Å²) in [6.07, 6.45) is 10.5. The molecule has 0 aliphatic heterocycles. The van der Waals surface area contributed by atoms with Crippen LogP contribution in [-0.2, 0) is 28.6 Å². The van der Waals surface area contributed by atoms with E-state index in [1.807, 2.05) is 107 Å². The van der Waals surface area contributed by atoms with Crippen LogP contribution in [0.5, 0.6) is 17.2 Å². The Morgan fingerprint density at radius 1 is 0.436 bits per heavy atom. The summed E-state index contributed by atoms with van der Waals surface area (Å²) in [7, 11) is 0. The third-order valence-corrected chi connectivity index (χ3v) is 18.3. The molecule has 0 saturated heterocycles. The van der Waals surface area contributed by atoms with E-state index in [1.165, 1.54) is 45.2 Å². The second kappa shape index (κ2) is 33.1. The molecule has 0 saturated carbocycles. The molecule has 0 unspecified atom stereocenters. The highest BCUT2D eigenvalue weighted by Gasteiger charge is 2.13. The highest BCUT2D eigenvalue weighted by molar-refractivity contribution is 9.11. The Balaban J connectivity index is 0.000000323. The lowest BCUT2D eigenvalue weighted by molar-refractivity contribution is -0.138. The van der Waals surface area contributed by atoms with E-state index in [4.69, 9.17) is 34.8 Å². The second-order valence-electron chi connectivity index (χ2n) is 15.2. The molecule has 0 aliphatic carbocycles. The first kappa shape index (κ1) is 64.1. The zero-order valence-electron chi connectivity index (χ0n) is 39.9. The summed E-state index contributed by atoms with van der Waals surface area (Å²) < 4.78 is 44.6. The number of hydrogen-bond acceptors (Lipinski definition) is 15. The van der Waals surface area contributed by atoms with Gasteiger partial charge in [0.05, 0.1) is 75.8 Å². The average molecular weight is 1290 g/mol. The smallest absolute Gasteiger partial charge is 0.330 e. The van der Waals surface area contributed by atoms with Crippen molar-refractivity contribution in [1.29, 1.82) is 0 Å². The van der Waals surface area contributed by atoms with Gasteiger partial charge in [-0.1, -0.05) is 71.6 Å². The van der Waals surface area contributed by atoms with Crippen LogP contribution in [-0.4, -0.2) is 57.5 Å². The molecule has 0 radical (unpaired) electrons. The normalized spacial score (nSPS) is 9.91. The molecule has 9 aromatic rings. The van der Waals surface area contributed by atoms with E-state index in [9.17, 15) is 14.4 Å². The maximum atomic E-state index is 11.1. The lowest BCUT2D eigenvalue weighted by Gasteiger charge is -2.06. The Kier molecular flexibility index (Phi) is 27.2. The number of fused-ring (bicyclic) bond motifs is 6. The van der Waals surface area contributed by atoms with Crippen LogP contribution in [0.15, 0.2) is 143 Å². The fourth-order valence-corrected chi connectivity index (χ4v) is 15.3.